The van der Waals surface area contributed by atoms with Gasteiger partial charge in [0.05, 0.1) is 16.6 Å². The predicted octanol–water partition coefficient (Wildman–Crippen LogP) is 4.86. The van der Waals surface area contributed by atoms with E-state index < -0.39 is 0 Å². The topological polar surface area (TPSA) is 51.0 Å². The van der Waals surface area contributed by atoms with Gasteiger partial charge in [-0.1, -0.05) is 49.3 Å². The first-order chi connectivity index (χ1) is 12.9. The molecule has 142 valence electrons. The van der Waals surface area contributed by atoms with Crippen LogP contribution in [0.1, 0.15) is 30.2 Å². The van der Waals surface area contributed by atoms with Crippen LogP contribution in [0.5, 0.6) is 0 Å². The third-order valence-electron chi connectivity index (χ3n) is 4.13. The zero-order valence-corrected chi connectivity index (χ0v) is 17.8. The predicted molar refractivity (Wildman–Crippen MR) is 112 cm³/mol. The van der Waals surface area contributed by atoms with Crippen molar-refractivity contribution in [1.82, 2.24) is 19.7 Å². The zero-order chi connectivity index (χ0) is 19.4. The average Bonchev–Trinajstić information content (AvgIpc) is 3.28. The minimum Gasteiger partial charge on any atom is -0.340 e. The third-order valence-corrected chi connectivity index (χ3v) is 6.27. The van der Waals surface area contributed by atoms with Crippen LogP contribution >= 0.6 is 34.7 Å². The molecule has 8 heteroatoms. The molecule has 0 fully saturated rings. The van der Waals surface area contributed by atoms with Crippen molar-refractivity contribution in [3.05, 3.63) is 57.5 Å². The quantitative estimate of drug-likeness (QED) is 0.512. The number of rotatable bonds is 7. The Kier molecular flexibility index (Phi) is 6.57. The highest BCUT2D eigenvalue weighted by molar-refractivity contribution is 7.99. The van der Waals surface area contributed by atoms with E-state index in [0.717, 1.165) is 14.9 Å². The van der Waals surface area contributed by atoms with Gasteiger partial charge in [-0.15, -0.1) is 21.5 Å². The molecule has 0 spiro atoms. The number of carbonyl (C=O) groups is 1. The number of benzene rings is 1. The Balaban J connectivity index is 1.61. The summed E-state index contributed by atoms with van der Waals surface area (Å²) in [7, 11) is 1.80. The molecular formula is C19H21ClN4OS2. The fourth-order valence-corrected chi connectivity index (χ4v) is 4.53. The summed E-state index contributed by atoms with van der Waals surface area (Å²) in [5, 5.41) is 8.86. The van der Waals surface area contributed by atoms with Gasteiger partial charge in [0.2, 0.25) is 5.91 Å². The number of hydrogen-bond acceptors (Lipinski definition) is 5. The van der Waals surface area contributed by atoms with E-state index in [2.05, 4.69) is 48.3 Å². The van der Waals surface area contributed by atoms with E-state index in [0.29, 0.717) is 23.4 Å². The van der Waals surface area contributed by atoms with E-state index in [1.54, 1.807) is 18.3 Å². The van der Waals surface area contributed by atoms with Gasteiger partial charge in [0, 0.05) is 17.6 Å². The number of carbonyl (C=O) groups excluding carboxylic acids is 1. The minimum atomic E-state index is 0.0363. The van der Waals surface area contributed by atoms with Crippen molar-refractivity contribution in [1.29, 1.82) is 0 Å². The van der Waals surface area contributed by atoms with Crippen LogP contribution in [-0.4, -0.2) is 38.4 Å². The van der Waals surface area contributed by atoms with E-state index in [1.165, 1.54) is 28.7 Å². The number of hydrogen-bond donors (Lipinski definition) is 0. The highest BCUT2D eigenvalue weighted by Crippen LogP contribution is 2.24. The first-order valence-electron chi connectivity index (χ1n) is 8.55. The minimum absolute atomic E-state index is 0.0363. The third kappa shape index (κ3) is 5.12. The summed E-state index contributed by atoms with van der Waals surface area (Å²) in [5.74, 6) is 0.827. The first kappa shape index (κ1) is 19.9. The van der Waals surface area contributed by atoms with Crippen LogP contribution in [0, 0.1) is 0 Å². The van der Waals surface area contributed by atoms with Crippen molar-refractivity contribution in [2.45, 2.75) is 31.5 Å². The Morgan fingerprint density at radius 1 is 1.26 bits per heavy atom. The van der Waals surface area contributed by atoms with Crippen molar-refractivity contribution >= 4 is 40.6 Å². The maximum absolute atomic E-state index is 12.4. The number of thiophene rings is 1. The van der Waals surface area contributed by atoms with Crippen LogP contribution in [0.4, 0.5) is 0 Å². The lowest BCUT2D eigenvalue weighted by atomic mass is 10.0. The summed E-state index contributed by atoms with van der Waals surface area (Å²) in [6.45, 7) is 4.89. The largest absolute Gasteiger partial charge is 0.340 e. The Hall–Kier alpha value is -1.83. The van der Waals surface area contributed by atoms with Crippen LogP contribution in [0.2, 0.25) is 4.34 Å². The van der Waals surface area contributed by atoms with Crippen LogP contribution in [0.3, 0.4) is 0 Å². The zero-order valence-electron chi connectivity index (χ0n) is 15.4. The molecule has 0 aliphatic carbocycles. The van der Waals surface area contributed by atoms with Crippen LogP contribution in [0.25, 0.3) is 5.69 Å². The molecule has 0 radical (unpaired) electrons. The number of aromatic nitrogens is 3. The summed E-state index contributed by atoms with van der Waals surface area (Å²) in [5.41, 5.74) is 2.27. The average molecular weight is 421 g/mol. The molecule has 0 saturated heterocycles. The Morgan fingerprint density at radius 3 is 2.63 bits per heavy atom. The molecule has 0 bridgehead atoms. The summed E-state index contributed by atoms with van der Waals surface area (Å²) in [6, 6.07) is 12.1. The molecule has 2 heterocycles. The molecule has 1 aromatic carbocycles. The van der Waals surface area contributed by atoms with Crippen molar-refractivity contribution in [3.63, 3.8) is 0 Å². The summed E-state index contributed by atoms with van der Waals surface area (Å²) < 4.78 is 2.64. The normalized spacial score (nSPS) is 11.1. The summed E-state index contributed by atoms with van der Waals surface area (Å²) in [6.07, 6.45) is 1.68. The van der Waals surface area contributed by atoms with Gasteiger partial charge in [-0.25, -0.2) is 0 Å². The molecular weight excluding hydrogens is 400 g/mol. The SMILES string of the molecule is CC(C)c1ccc(-n2cnnc2SCC(=O)N(C)Cc2ccc(Cl)s2)cc1. The van der Waals surface area contributed by atoms with Crippen LogP contribution in [0.15, 0.2) is 47.9 Å². The highest BCUT2D eigenvalue weighted by Gasteiger charge is 2.14. The summed E-state index contributed by atoms with van der Waals surface area (Å²) >= 11 is 8.82. The maximum Gasteiger partial charge on any atom is 0.233 e. The summed E-state index contributed by atoms with van der Waals surface area (Å²) in [4.78, 5) is 15.2. The molecule has 0 N–H and O–H groups in total. The molecule has 3 rings (SSSR count). The van der Waals surface area contributed by atoms with E-state index in [-0.39, 0.29) is 5.91 Å². The molecule has 0 saturated carbocycles. The van der Waals surface area contributed by atoms with E-state index >= 15 is 0 Å². The van der Waals surface area contributed by atoms with Gasteiger partial charge >= 0.3 is 0 Å². The van der Waals surface area contributed by atoms with Gasteiger partial charge < -0.3 is 4.90 Å². The van der Waals surface area contributed by atoms with Gasteiger partial charge in [-0.3, -0.25) is 9.36 Å². The van der Waals surface area contributed by atoms with E-state index in [4.69, 9.17) is 11.6 Å². The lowest BCUT2D eigenvalue weighted by Crippen LogP contribution is -2.27. The van der Waals surface area contributed by atoms with Gasteiger partial charge in [-0.05, 0) is 35.7 Å². The van der Waals surface area contributed by atoms with Gasteiger partial charge in [-0.2, -0.15) is 0 Å². The van der Waals surface area contributed by atoms with Gasteiger partial charge in [0.15, 0.2) is 5.16 Å². The van der Waals surface area contributed by atoms with Gasteiger partial charge in [0.25, 0.3) is 0 Å². The molecule has 0 atom stereocenters. The highest BCUT2D eigenvalue weighted by atomic mass is 35.5. The van der Waals surface area contributed by atoms with Crippen LogP contribution < -0.4 is 0 Å². The van der Waals surface area contributed by atoms with E-state index in [9.17, 15) is 4.79 Å². The molecule has 5 nitrogen and oxygen atoms in total. The molecule has 0 aliphatic rings. The number of halogens is 1. The van der Waals surface area contributed by atoms with E-state index in [1.807, 2.05) is 16.7 Å². The second kappa shape index (κ2) is 8.91. The fraction of sp³-hybridized carbons (Fsp3) is 0.316. The second-order valence-corrected chi connectivity index (χ2v) is 9.22. The number of nitrogens with zero attached hydrogens (tertiary/aromatic N) is 4. The molecule has 3 aromatic rings. The fourth-order valence-electron chi connectivity index (χ4n) is 2.51. The lowest BCUT2D eigenvalue weighted by molar-refractivity contribution is -0.127. The Morgan fingerprint density at radius 2 is 2.00 bits per heavy atom. The molecule has 2 aromatic heterocycles. The molecule has 1 amide bonds. The van der Waals surface area contributed by atoms with Gasteiger partial charge in [0.1, 0.15) is 6.33 Å². The smallest absolute Gasteiger partial charge is 0.233 e. The molecule has 0 unspecified atom stereocenters. The van der Waals surface area contributed by atoms with Crippen molar-refractivity contribution in [2.24, 2.45) is 0 Å². The maximum atomic E-state index is 12.4. The Bertz CT molecular complexity index is 905. The number of thioether (sulfide) groups is 1. The molecule has 27 heavy (non-hydrogen) atoms. The molecule has 0 aliphatic heterocycles. The van der Waals surface area contributed by atoms with Crippen molar-refractivity contribution < 1.29 is 4.79 Å². The number of amides is 1. The monoisotopic (exact) mass is 420 g/mol. The Labute approximate surface area is 172 Å². The van der Waals surface area contributed by atoms with Crippen LogP contribution in [-0.2, 0) is 11.3 Å². The first-order valence-corrected chi connectivity index (χ1v) is 10.7. The lowest BCUT2D eigenvalue weighted by Gasteiger charge is -2.16. The standard InChI is InChI=1S/C19H21ClN4OS2/c1-13(2)14-4-6-15(7-5-14)24-12-21-22-19(24)26-11-18(25)23(3)10-16-8-9-17(20)27-16/h4-9,12-13H,10-11H2,1-3H3. The van der Waals surface area contributed by atoms with Crippen molar-refractivity contribution in [3.8, 4) is 5.69 Å². The second-order valence-electron chi connectivity index (χ2n) is 6.47. The van der Waals surface area contributed by atoms with Crippen molar-refractivity contribution in [2.75, 3.05) is 12.8 Å².